The molecule has 8 nitrogen and oxygen atoms in total. The number of thiocarbonyl (C=S) groups is 1. The van der Waals surface area contributed by atoms with Crippen molar-refractivity contribution in [3.8, 4) is 0 Å². The van der Waals surface area contributed by atoms with Crippen LogP contribution in [0.3, 0.4) is 0 Å². The number of nitro groups is 1. The van der Waals surface area contributed by atoms with Gasteiger partial charge in [-0.1, -0.05) is 6.07 Å². The summed E-state index contributed by atoms with van der Waals surface area (Å²) >= 11 is 5.13. The largest absolute Gasteiger partial charge is 0.339 e. The predicted octanol–water partition coefficient (Wildman–Crippen LogP) is 3.35. The highest BCUT2D eigenvalue weighted by molar-refractivity contribution is 7.80. The molecule has 2 amide bonds. The molecule has 0 bridgehead atoms. The highest BCUT2D eigenvalue weighted by Crippen LogP contribution is 2.16. The van der Waals surface area contributed by atoms with Crippen molar-refractivity contribution in [1.29, 1.82) is 0 Å². The fourth-order valence-electron chi connectivity index (χ4n) is 3.07. The number of non-ortho nitro benzene ring substituents is 1. The fourth-order valence-corrected chi connectivity index (χ4v) is 3.28. The minimum absolute atomic E-state index is 0.0119. The van der Waals surface area contributed by atoms with Gasteiger partial charge in [0.25, 0.3) is 17.5 Å². The second-order valence-electron chi connectivity index (χ2n) is 6.65. The van der Waals surface area contributed by atoms with E-state index in [2.05, 4.69) is 10.6 Å². The van der Waals surface area contributed by atoms with Gasteiger partial charge in [-0.05, 0) is 61.8 Å². The molecular formula is C20H20N4O4S. The average Bonchev–Trinajstić information content (AvgIpc) is 2.74. The van der Waals surface area contributed by atoms with Crippen molar-refractivity contribution in [3.63, 3.8) is 0 Å². The van der Waals surface area contributed by atoms with E-state index in [0.717, 1.165) is 32.4 Å². The summed E-state index contributed by atoms with van der Waals surface area (Å²) in [5, 5.41) is 16.2. The number of benzene rings is 2. The van der Waals surface area contributed by atoms with Crippen LogP contribution in [0.15, 0.2) is 48.5 Å². The highest BCUT2D eigenvalue weighted by Gasteiger charge is 2.18. The molecule has 0 spiro atoms. The quantitative estimate of drug-likeness (QED) is 0.453. The Morgan fingerprint density at radius 2 is 1.69 bits per heavy atom. The van der Waals surface area contributed by atoms with Crippen molar-refractivity contribution in [1.82, 2.24) is 10.2 Å². The first-order chi connectivity index (χ1) is 13.9. The van der Waals surface area contributed by atoms with Crippen molar-refractivity contribution < 1.29 is 14.5 Å². The minimum atomic E-state index is -0.569. The van der Waals surface area contributed by atoms with E-state index < -0.39 is 10.8 Å². The zero-order valence-corrected chi connectivity index (χ0v) is 16.4. The predicted molar refractivity (Wildman–Crippen MR) is 113 cm³/mol. The summed E-state index contributed by atoms with van der Waals surface area (Å²) in [6.45, 7) is 1.57. The summed E-state index contributed by atoms with van der Waals surface area (Å²) in [4.78, 5) is 36.8. The standard InChI is InChI=1S/C20H20N4O4S/c25-18(15-5-4-6-17(13-15)24(27)28)22-20(29)21-16-9-7-14(8-10-16)19(26)23-11-2-1-3-12-23/h4-10,13H,1-3,11-12H2,(H2,21,22,25,29). The van der Waals surface area contributed by atoms with Gasteiger partial charge >= 0.3 is 0 Å². The molecule has 0 aliphatic carbocycles. The summed E-state index contributed by atoms with van der Waals surface area (Å²) in [5.74, 6) is -0.541. The molecular weight excluding hydrogens is 392 g/mol. The molecule has 0 atom stereocenters. The van der Waals surface area contributed by atoms with Crippen LogP contribution in [-0.4, -0.2) is 39.8 Å². The number of nitro benzene ring substituents is 1. The van der Waals surface area contributed by atoms with Gasteiger partial charge in [-0.15, -0.1) is 0 Å². The first-order valence-corrected chi connectivity index (χ1v) is 9.61. The van der Waals surface area contributed by atoms with E-state index in [1.165, 1.54) is 24.3 Å². The van der Waals surface area contributed by atoms with Crippen molar-refractivity contribution in [3.05, 3.63) is 69.8 Å². The molecule has 2 aromatic rings. The maximum Gasteiger partial charge on any atom is 0.270 e. The Morgan fingerprint density at radius 1 is 1.00 bits per heavy atom. The zero-order chi connectivity index (χ0) is 20.8. The molecule has 1 fully saturated rings. The Hall–Kier alpha value is -3.33. The first-order valence-electron chi connectivity index (χ1n) is 9.20. The number of hydrogen-bond acceptors (Lipinski definition) is 5. The van der Waals surface area contributed by atoms with E-state index >= 15 is 0 Å². The number of amides is 2. The molecule has 2 N–H and O–H groups in total. The second kappa shape index (κ2) is 9.24. The number of carbonyl (C=O) groups is 2. The molecule has 0 unspecified atom stereocenters. The van der Waals surface area contributed by atoms with Crippen LogP contribution in [0.5, 0.6) is 0 Å². The number of piperidine rings is 1. The molecule has 0 saturated carbocycles. The summed E-state index contributed by atoms with van der Waals surface area (Å²) in [6.07, 6.45) is 3.22. The molecule has 0 radical (unpaired) electrons. The van der Waals surface area contributed by atoms with Gasteiger partial charge in [-0.2, -0.15) is 0 Å². The molecule has 2 aromatic carbocycles. The van der Waals surface area contributed by atoms with E-state index in [9.17, 15) is 19.7 Å². The molecule has 1 aliphatic rings. The number of likely N-dealkylation sites (tertiary alicyclic amines) is 1. The summed E-state index contributed by atoms with van der Waals surface area (Å²) in [6, 6.07) is 12.2. The van der Waals surface area contributed by atoms with Crippen LogP contribution in [0.2, 0.25) is 0 Å². The molecule has 3 rings (SSSR count). The number of anilines is 1. The highest BCUT2D eigenvalue weighted by atomic mass is 32.1. The van der Waals surface area contributed by atoms with E-state index in [1.807, 2.05) is 4.90 Å². The lowest BCUT2D eigenvalue weighted by atomic mass is 10.1. The number of carbonyl (C=O) groups excluding carboxylic acids is 2. The van der Waals surface area contributed by atoms with Crippen molar-refractivity contribution in [2.75, 3.05) is 18.4 Å². The lowest BCUT2D eigenvalue weighted by Crippen LogP contribution is -2.35. The molecule has 0 aromatic heterocycles. The Balaban J connectivity index is 1.57. The zero-order valence-electron chi connectivity index (χ0n) is 15.6. The van der Waals surface area contributed by atoms with Crippen LogP contribution < -0.4 is 10.6 Å². The third-order valence-electron chi connectivity index (χ3n) is 4.58. The Kier molecular flexibility index (Phi) is 6.50. The average molecular weight is 412 g/mol. The minimum Gasteiger partial charge on any atom is -0.339 e. The van der Waals surface area contributed by atoms with Gasteiger partial charge in [0.05, 0.1) is 4.92 Å². The van der Waals surface area contributed by atoms with Crippen molar-refractivity contribution in [2.24, 2.45) is 0 Å². The number of hydrogen-bond donors (Lipinski definition) is 2. The number of nitrogens with zero attached hydrogens (tertiary/aromatic N) is 2. The monoisotopic (exact) mass is 412 g/mol. The van der Waals surface area contributed by atoms with Crippen LogP contribution in [0.1, 0.15) is 40.0 Å². The maximum absolute atomic E-state index is 12.5. The molecule has 150 valence electrons. The van der Waals surface area contributed by atoms with Crippen LogP contribution in [0.4, 0.5) is 11.4 Å². The molecule has 1 saturated heterocycles. The number of nitrogens with one attached hydrogen (secondary N) is 2. The van der Waals surface area contributed by atoms with Gasteiger partial charge in [0.15, 0.2) is 5.11 Å². The van der Waals surface area contributed by atoms with Crippen LogP contribution in [0.25, 0.3) is 0 Å². The van der Waals surface area contributed by atoms with Gasteiger partial charge < -0.3 is 10.2 Å². The lowest BCUT2D eigenvalue weighted by Gasteiger charge is -2.26. The Bertz CT molecular complexity index is 940. The van der Waals surface area contributed by atoms with Crippen LogP contribution in [-0.2, 0) is 0 Å². The third kappa shape index (κ3) is 5.35. The third-order valence-corrected chi connectivity index (χ3v) is 4.78. The Labute approximate surface area is 173 Å². The lowest BCUT2D eigenvalue weighted by molar-refractivity contribution is -0.384. The second-order valence-corrected chi connectivity index (χ2v) is 7.05. The summed E-state index contributed by atoms with van der Waals surface area (Å²) in [7, 11) is 0. The normalized spacial score (nSPS) is 13.4. The van der Waals surface area contributed by atoms with Gasteiger partial charge in [0.2, 0.25) is 0 Å². The molecule has 1 heterocycles. The van der Waals surface area contributed by atoms with E-state index in [4.69, 9.17) is 12.2 Å². The van der Waals surface area contributed by atoms with Crippen molar-refractivity contribution in [2.45, 2.75) is 19.3 Å². The van der Waals surface area contributed by atoms with Gasteiger partial charge in [0.1, 0.15) is 0 Å². The Morgan fingerprint density at radius 3 is 2.34 bits per heavy atom. The van der Waals surface area contributed by atoms with Crippen molar-refractivity contribution >= 4 is 40.5 Å². The summed E-state index contributed by atoms with van der Waals surface area (Å²) < 4.78 is 0. The van der Waals surface area contributed by atoms with Gasteiger partial charge in [-0.3, -0.25) is 25.0 Å². The van der Waals surface area contributed by atoms with Gasteiger partial charge in [-0.25, -0.2) is 0 Å². The SMILES string of the molecule is O=C(NC(=S)Nc1ccc(C(=O)N2CCCCC2)cc1)c1cccc([N+](=O)[O-])c1. The van der Waals surface area contributed by atoms with Gasteiger partial charge in [0, 0.05) is 42.0 Å². The molecule has 1 aliphatic heterocycles. The topological polar surface area (TPSA) is 105 Å². The first kappa shape index (κ1) is 20.4. The van der Waals surface area contributed by atoms with E-state index in [-0.39, 0.29) is 22.3 Å². The van der Waals surface area contributed by atoms with E-state index in [1.54, 1.807) is 24.3 Å². The maximum atomic E-state index is 12.5. The molecule has 9 heteroatoms. The smallest absolute Gasteiger partial charge is 0.270 e. The number of rotatable bonds is 4. The molecule has 29 heavy (non-hydrogen) atoms. The fraction of sp³-hybridized carbons (Fsp3) is 0.250. The van der Waals surface area contributed by atoms with Crippen LogP contribution in [0, 0.1) is 10.1 Å². The van der Waals surface area contributed by atoms with E-state index in [0.29, 0.717) is 11.3 Å². The summed E-state index contributed by atoms with van der Waals surface area (Å²) in [5.41, 5.74) is 1.17. The van der Waals surface area contributed by atoms with Crippen LogP contribution >= 0.6 is 12.2 Å².